The molecule has 120 valence electrons. The van der Waals surface area contributed by atoms with Gasteiger partial charge >= 0.3 is 0 Å². The number of aromatic nitrogens is 3. The van der Waals surface area contributed by atoms with Gasteiger partial charge in [-0.3, -0.25) is 9.67 Å². The van der Waals surface area contributed by atoms with E-state index in [9.17, 15) is 0 Å². The molecule has 7 heteroatoms. The molecule has 0 atom stereocenters. The first-order chi connectivity index (χ1) is 10.1. The van der Waals surface area contributed by atoms with Crippen molar-refractivity contribution in [3.63, 3.8) is 0 Å². The molecule has 22 heavy (non-hydrogen) atoms. The molecule has 6 nitrogen and oxygen atoms in total. The quantitative estimate of drug-likeness (QED) is 0.456. The number of hydrogen-bond donors (Lipinski definition) is 2. The van der Waals surface area contributed by atoms with Gasteiger partial charge in [-0.1, -0.05) is 23.8 Å². The molecular weight excluding hydrogens is 391 g/mol. The third-order valence-electron chi connectivity index (χ3n) is 3.39. The molecule has 0 bridgehead atoms. The molecule has 1 aromatic carbocycles. The molecule has 0 fully saturated rings. The number of aryl methyl sites for hydroxylation is 3. The van der Waals surface area contributed by atoms with Crippen molar-refractivity contribution < 1.29 is 0 Å². The normalized spacial score (nSPS) is 11.0. The molecule has 2 aromatic rings. The van der Waals surface area contributed by atoms with Crippen LogP contribution in [0.15, 0.2) is 29.5 Å². The monoisotopic (exact) mass is 414 g/mol. The highest BCUT2D eigenvalue weighted by Gasteiger charge is 2.04. The Hall–Kier alpha value is -1.64. The fraction of sp³-hybridized carbons (Fsp3) is 0.400. The van der Waals surface area contributed by atoms with Gasteiger partial charge in [0.25, 0.3) is 0 Å². The Labute approximate surface area is 148 Å². The number of benzene rings is 1. The van der Waals surface area contributed by atoms with Gasteiger partial charge in [-0.2, -0.15) is 5.10 Å². The third kappa shape index (κ3) is 4.97. The SMILES string of the molecule is CN=C(NCc1ccc(C)cc1C)NCc1ncnn1C.I. The summed E-state index contributed by atoms with van der Waals surface area (Å²) < 4.78 is 1.74. The van der Waals surface area contributed by atoms with E-state index in [1.165, 1.54) is 16.7 Å². The van der Waals surface area contributed by atoms with E-state index in [1.807, 2.05) is 7.05 Å². The van der Waals surface area contributed by atoms with Gasteiger partial charge in [-0.25, -0.2) is 4.98 Å². The van der Waals surface area contributed by atoms with E-state index in [1.54, 1.807) is 18.1 Å². The van der Waals surface area contributed by atoms with Crippen LogP contribution in [0.1, 0.15) is 22.5 Å². The molecule has 0 unspecified atom stereocenters. The maximum atomic E-state index is 4.22. The van der Waals surface area contributed by atoms with Crippen molar-refractivity contribution in [2.75, 3.05) is 7.05 Å². The van der Waals surface area contributed by atoms with Gasteiger partial charge in [0.2, 0.25) is 0 Å². The van der Waals surface area contributed by atoms with Crippen LogP contribution < -0.4 is 10.6 Å². The lowest BCUT2D eigenvalue weighted by molar-refractivity contribution is 0.672. The molecule has 1 heterocycles. The molecule has 0 aliphatic carbocycles. The first-order valence-electron chi connectivity index (χ1n) is 6.93. The zero-order valence-electron chi connectivity index (χ0n) is 13.4. The second-order valence-corrected chi connectivity index (χ2v) is 5.01. The Balaban J connectivity index is 0.00000242. The molecule has 0 radical (unpaired) electrons. The number of halogens is 1. The van der Waals surface area contributed by atoms with E-state index in [-0.39, 0.29) is 24.0 Å². The predicted molar refractivity (Wildman–Crippen MR) is 99.4 cm³/mol. The van der Waals surface area contributed by atoms with Crippen molar-refractivity contribution >= 4 is 29.9 Å². The molecule has 0 aliphatic heterocycles. The van der Waals surface area contributed by atoms with Crippen LogP contribution in [0, 0.1) is 13.8 Å². The van der Waals surface area contributed by atoms with E-state index >= 15 is 0 Å². The molecule has 1 aromatic heterocycles. The van der Waals surface area contributed by atoms with E-state index in [2.05, 4.69) is 57.8 Å². The van der Waals surface area contributed by atoms with Gasteiger partial charge in [0.05, 0.1) is 6.54 Å². The fourth-order valence-electron chi connectivity index (χ4n) is 2.09. The van der Waals surface area contributed by atoms with E-state index in [0.717, 1.165) is 18.3 Å². The summed E-state index contributed by atoms with van der Waals surface area (Å²) >= 11 is 0. The first kappa shape index (κ1) is 18.4. The minimum absolute atomic E-state index is 0. The number of nitrogens with zero attached hydrogens (tertiary/aromatic N) is 4. The Morgan fingerprint density at radius 3 is 2.55 bits per heavy atom. The zero-order valence-corrected chi connectivity index (χ0v) is 15.8. The lowest BCUT2D eigenvalue weighted by Crippen LogP contribution is -2.37. The van der Waals surface area contributed by atoms with Gasteiger partial charge in [0, 0.05) is 20.6 Å². The van der Waals surface area contributed by atoms with Gasteiger partial charge in [0.15, 0.2) is 5.96 Å². The van der Waals surface area contributed by atoms with Crippen LogP contribution in [0.5, 0.6) is 0 Å². The summed E-state index contributed by atoms with van der Waals surface area (Å²) in [6, 6.07) is 6.46. The summed E-state index contributed by atoms with van der Waals surface area (Å²) in [5, 5.41) is 10.6. The number of guanidine groups is 1. The van der Waals surface area contributed by atoms with Crippen molar-refractivity contribution in [2.24, 2.45) is 12.0 Å². The lowest BCUT2D eigenvalue weighted by atomic mass is 10.1. The fourth-order valence-corrected chi connectivity index (χ4v) is 2.09. The van der Waals surface area contributed by atoms with Crippen LogP contribution in [-0.2, 0) is 20.1 Å². The van der Waals surface area contributed by atoms with E-state index < -0.39 is 0 Å². The molecular formula is C15H23IN6. The number of rotatable bonds is 4. The van der Waals surface area contributed by atoms with Crippen LogP contribution in [0.25, 0.3) is 0 Å². The van der Waals surface area contributed by atoms with Crippen LogP contribution in [-0.4, -0.2) is 27.8 Å². The van der Waals surface area contributed by atoms with Crippen LogP contribution >= 0.6 is 24.0 Å². The van der Waals surface area contributed by atoms with Crippen molar-refractivity contribution in [1.82, 2.24) is 25.4 Å². The number of aliphatic imine (C=N–C) groups is 1. The summed E-state index contributed by atoms with van der Waals surface area (Å²) in [6.07, 6.45) is 1.54. The summed E-state index contributed by atoms with van der Waals surface area (Å²) in [5.41, 5.74) is 3.83. The smallest absolute Gasteiger partial charge is 0.191 e. The summed E-state index contributed by atoms with van der Waals surface area (Å²) in [6.45, 7) is 5.55. The average Bonchev–Trinajstić information content (AvgIpc) is 2.86. The highest BCUT2D eigenvalue weighted by Crippen LogP contribution is 2.09. The van der Waals surface area contributed by atoms with Crippen LogP contribution in [0.3, 0.4) is 0 Å². The standard InChI is InChI=1S/C15H22N6.HI/c1-11-5-6-13(12(2)7-11)8-17-15(16-3)18-9-14-19-10-20-21(14)4;/h5-7,10H,8-9H2,1-4H3,(H2,16,17,18);1H. The summed E-state index contributed by atoms with van der Waals surface area (Å²) in [5.74, 6) is 1.61. The van der Waals surface area contributed by atoms with Crippen molar-refractivity contribution in [3.8, 4) is 0 Å². The molecule has 0 saturated carbocycles. The van der Waals surface area contributed by atoms with E-state index in [0.29, 0.717) is 6.54 Å². The van der Waals surface area contributed by atoms with Gasteiger partial charge in [-0.15, -0.1) is 24.0 Å². The second kappa shape index (κ2) is 8.72. The van der Waals surface area contributed by atoms with Crippen molar-refractivity contribution in [3.05, 3.63) is 47.0 Å². The molecule has 0 amide bonds. The predicted octanol–water partition coefficient (Wildman–Crippen LogP) is 1.92. The van der Waals surface area contributed by atoms with Gasteiger partial charge in [-0.05, 0) is 25.0 Å². The maximum Gasteiger partial charge on any atom is 0.191 e. The lowest BCUT2D eigenvalue weighted by Gasteiger charge is -2.13. The van der Waals surface area contributed by atoms with Crippen molar-refractivity contribution in [2.45, 2.75) is 26.9 Å². The molecule has 0 saturated heterocycles. The highest BCUT2D eigenvalue weighted by atomic mass is 127. The number of hydrogen-bond acceptors (Lipinski definition) is 3. The second-order valence-electron chi connectivity index (χ2n) is 5.01. The van der Waals surface area contributed by atoms with Crippen LogP contribution in [0.2, 0.25) is 0 Å². The molecule has 0 aliphatic rings. The third-order valence-corrected chi connectivity index (χ3v) is 3.39. The van der Waals surface area contributed by atoms with Crippen LogP contribution in [0.4, 0.5) is 0 Å². The topological polar surface area (TPSA) is 67.1 Å². The summed E-state index contributed by atoms with van der Waals surface area (Å²) in [7, 11) is 3.63. The molecule has 0 spiro atoms. The Kier molecular flexibility index (Phi) is 7.30. The maximum absolute atomic E-state index is 4.22. The average molecular weight is 414 g/mol. The Morgan fingerprint density at radius 1 is 1.23 bits per heavy atom. The first-order valence-corrected chi connectivity index (χ1v) is 6.93. The Morgan fingerprint density at radius 2 is 1.95 bits per heavy atom. The largest absolute Gasteiger partial charge is 0.352 e. The molecule has 2 N–H and O–H groups in total. The van der Waals surface area contributed by atoms with Crippen molar-refractivity contribution in [1.29, 1.82) is 0 Å². The summed E-state index contributed by atoms with van der Waals surface area (Å²) in [4.78, 5) is 8.39. The number of nitrogens with one attached hydrogen (secondary N) is 2. The minimum atomic E-state index is 0. The minimum Gasteiger partial charge on any atom is -0.352 e. The van der Waals surface area contributed by atoms with Gasteiger partial charge in [0.1, 0.15) is 12.2 Å². The van der Waals surface area contributed by atoms with E-state index in [4.69, 9.17) is 0 Å². The highest BCUT2D eigenvalue weighted by molar-refractivity contribution is 14.0. The zero-order chi connectivity index (χ0) is 15.2. The molecule has 2 rings (SSSR count). The Bertz CT molecular complexity index is 635. The van der Waals surface area contributed by atoms with Gasteiger partial charge < -0.3 is 10.6 Å².